The van der Waals surface area contributed by atoms with Gasteiger partial charge in [-0.1, -0.05) is 0 Å². The zero-order valence-electron chi connectivity index (χ0n) is 16.4. The number of aromatic nitrogens is 3. The minimum Gasteiger partial charge on any atom is -0.338 e. The molecule has 0 aromatic carbocycles. The summed E-state index contributed by atoms with van der Waals surface area (Å²) in [4.78, 5) is 39.9. The minimum atomic E-state index is -0.240. The number of carbonyl (C=O) groups excluding carboxylic acids is 1. The van der Waals surface area contributed by atoms with Crippen molar-refractivity contribution in [3.63, 3.8) is 0 Å². The molecule has 2 aromatic heterocycles. The van der Waals surface area contributed by atoms with Crippen molar-refractivity contribution in [2.24, 2.45) is 0 Å². The zero-order chi connectivity index (χ0) is 19.3. The van der Waals surface area contributed by atoms with Crippen LogP contribution in [0.2, 0.25) is 0 Å². The molecule has 6 heteroatoms. The number of nitrogens with one attached hydrogen (secondary N) is 1. The fourth-order valence-corrected chi connectivity index (χ4v) is 5.34. The Balaban J connectivity index is 1.46. The number of aryl methyl sites for hydroxylation is 4. The SMILES string of the molecule is Cc1ncc2c(n1)C1(CCCN(C(=O)c3cc4c([nH]c3=O)CCCC4)C1)CC2. The smallest absolute Gasteiger partial charge is 0.261 e. The van der Waals surface area contributed by atoms with Crippen LogP contribution in [0.25, 0.3) is 0 Å². The largest absolute Gasteiger partial charge is 0.338 e. The molecule has 3 heterocycles. The van der Waals surface area contributed by atoms with Crippen molar-refractivity contribution < 1.29 is 4.79 Å². The van der Waals surface area contributed by atoms with Gasteiger partial charge in [0.25, 0.3) is 11.5 Å². The Labute approximate surface area is 164 Å². The van der Waals surface area contributed by atoms with Crippen molar-refractivity contribution >= 4 is 5.91 Å². The fourth-order valence-electron chi connectivity index (χ4n) is 5.34. The molecule has 28 heavy (non-hydrogen) atoms. The molecular weight excluding hydrogens is 352 g/mol. The summed E-state index contributed by atoms with van der Waals surface area (Å²) < 4.78 is 0. The van der Waals surface area contributed by atoms with E-state index in [1.54, 1.807) is 0 Å². The van der Waals surface area contributed by atoms with E-state index in [-0.39, 0.29) is 16.9 Å². The maximum atomic E-state index is 13.3. The summed E-state index contributed by atoms with van der Waals surface area (Å²) in [6, 6.07) is 1.85. The number of amides is 1. The van der Waals surface area contributed by atoms with Gasteiger partial charge in [-0.15, -0.1) is 0 Å². The number of H-pyrrole nitrogens is 1. The van der Waals surface area contributed by atoms with Crippen molar-refractivity contribution in [3.05, 3.63) is 56.5 Å². The number of aromatic amines is 1. The molecule has 146 valence electrons. The van der Waals surface area contributed by atoms with Crippen LogP contribution in [0.15, 0.2) is 17.1 Å². The van der Waals surface area contributed by atoms with Crippen molar-refractivity contribution in [2.45, 2.75) is 63.7 Å². The lowest BCUT2D eigenvalue weighted by Crippen LogP contribution is -2.49. The van der Waals surface area contributed by atoms with Gasteiger partial charge >= 0.3 is 0 Å². The maximum absolute atomic E-state index is 13.3. The van der Waals surface area contributed by atoms with Gasteiger partial charge in [0.2, 0.25) is 0 Å². The van der Waals surface area contributed by atoms with Gasteiger partial charge in [-0.3, -0.25) is 9.59 Å². The highest BCUT2D eigenvalue weighted by Gasteiger charge is 2.45. The molecule has 1 spiro atoms. The molecule has 0 saturated carbocycles. The van der Waals surface area contributed by atoms with Gasteiger partial charge in [-0.2, -0.15) is 0 Å². The van der Waals surface area contributed by atoms with E-state index in [1.807, 2.05) is 24.1 Å². The van der Waals surface area contributed by atoms with Crippen LogP contribution in [-0.4, -0.2) is 38.8 Å². The number of rotatable bonds is 1. The van der Waals surface area contributed by atoms with Crippen LogP contribution < -0.4 is 5.56 Å². The first-order valence-electron chi connectivity index (χ1n) is 10.4. The average molecular weight is 378 g/mol. The van der Waals surface area contributed by atoms with E-state index in [1.165, 1.54) is 5.56 Å². The van der Waals surface area contributed by atoms with E-state index in [0.29, 0.717) is 18.7 Å². The molecule has 3 aliphatic rings. The Hall–Kier alpha value is -2.50. The number of carbonyl (C=O) groups is 1. The first kappa shape index (κ1) is 17.6. The van der Waals surface area contributed by atoms with Crippen molar-refractivity contribution in [2.75, 3.05) is 13.1 Å². The van der Waals surface area contributed by atoms with Gasteiger partial charge in [0.1, 0.15) is 11.4 Å². The number of piperidine rings is 1. The predicted molar refractivity (Wildman–Crippen MR) is 106 cm³/mol. The van der Waals surface area contributed by atoms with E-state index in [9.17, 15) is 9.59 Å². The summed E-state index contributed by atoms with van der Waals surface area (Å²) in [6.07, 6.45) is 9.98. The van der Waals surface area contributed by atoms with Gasteiger partial charge in [0, 0.05) is 30.4 Å². The van der Waals surface area contributed by atoms with E-state index < -0.39 is 0 Å². The Morgan fingerprint density at radius 2 is 2.00 bits per heavy atom. The van der Waals surface area contributed by atoms with Gasteiger partial charge in [0.15, 0.2) is 0 Å². The molecule has 1 aliphatic heterocycles. The lowest BCUT2D eigenvalue weighted by Gasteiger charge is -2.40. The molecule has 2 aliphatic carbocycles. The van der Waals surface area contributed by atoms with Crippen LogP contribution in [0, 0.1) is 6.92 Å². The Morgan fingerprint density at radius 1 is 1.14 bits per heavy atom. The lowest BCUT2D eigenvalue weighted by atomic mass is 9.77. The number of hydrogen-bond acceptors (Lipinski definition) is 4. The Bertz CT molecular complexity index is 1010. The molecule has 6 nitrogen and oxygen atoms in total. The number of nitrogens with zero attached hydrogens (tertiary/aromatic N) is 3. The molecule has 1 unspecified atom stereocenters. The summed E-state index contributed by atoms with van der Waals surface area (Å²) in [6.45, 7) is 3.27. The van der Waals surface area contributed by atoms with Crippen LogP contribution in [0.5, 0.6) is 0 Å². The molecule has 1 fully saturated rings. The zero-order valence-corrected chi connectivity index (χ0v) is 16.4. The Morgan fingerprint density at radius 3 is 2.89 bits per heavy atom. The third kappa shape index (κ3) is 2.77. The van der Waals surface area contributed by atoms with Crippen LogP contribution in [0.1, 0.15) is 70.8 Å². The quantitative estimate of drug-likeness (QED) is 0.827. The minimum absolute atomic E-state index is 0.0854. The van der Waals surface area contributed by atoms with Crippen LogP contribution >= 0.6 is 0 Å². The molecule has 1 amide bonds. The van der Waals surface area contributed by atoms with E-state index in [2.05, 4.69) is 9.97 Å². The number of pyridine rings is 1. The highest BCUT2D eigenvalue weighted by Crippen LogP contribution is 2.44. The standard InChI is InChI=1S/C22H26N4O2/c1-14-23-12-16-7-9-22(19(16)24-14)8-4-10-26(13-22)21(28)17-11-15-5-2-3-6-18(15)25-20(17)27/h11-12H,2-10,13H2,1H3,(H,25,27). The van der Waals surface area contributed by atoms with Gasteiger partial charge in [0.05, 0.1) is 5.69 Å². The summed E-state index contributed by atoms with van der Waals surface area (Å²) in [5.74, 6) is 0.655. The molecule has 1 saturated heterocycles. The van der Waals surface area contributed by atoms with E-state index in [4.69, 9.17) is 4.98 Å². The molecule has 0 radical (unpaired) electrons. The second-order valence-electron chi connectivity index (χ2n) is 8.62. The highest BCUT2D eigenvalue weighted by atomic mass is 16.2. The molecule has 2 aromatic rings. The van der Waals surface area contributed by atoms with Crippen LogP contribution in [0.4, 0.5) is 0 Å². The monoisotopic (exact) mass is 378 g/mol. The average Bonchev–Trinajstić information content (AvgIpc) is 3.04. The Kier molecular flexibility index (Phi) is 4.11. The normalized spacial score (nSPS) is 23.5. The molecular formula is C22H26N4O2. The summed E-state index contributed by atoms with van der Waals surface area (Å²) in [5, 5.41) is 0. The third-order valence-electron chi connectivity index (χ3n) is 6.79. The fraction of sp³-hybridized carbons (Fsp3) is 0.545. The molecule has 0 bridgehead atoms. The topological polar surface area (TPSA) is 79.0 Å². The first-order valence-corrected chi connectivity index (χ1v) is 10.4. The first-order chi connectivity index (χ1) is 13.6. The van der Waals surface area contributed by atoms with Crippen molar-refractivity contribution in [3.8, 4) is 0 Å². The molecule has 1 atom stereocenters. The second-order valence-corrected chi connectivity index (χ2v) is 8.62. The van der Waals surface area contributed by atoms with Gasteiger partial charge in [-0.25, -0.2) is 9.97 Å². The van der Waals surface area contributed by atoms with Crippen molar-refractivity contribution in [1.29, 1.82) is 0 Å². The van der Waals surface area contributed by atoms with Crippen LogP contribution in [-0.2, 0) is 24.7 Å². The van der Waals surface area contributed by atoms with E-state index in [0.717, 1.165) is 74.1 Å². The van der Waals surface area contributed by atoms with Gasteiger partial charge < -0.3 is 9.88 Å². The maximum Gasteiger partial charge on any atom is 0.261 e. The highest BCUT2D eigenvalue weighted by molar-refractivity contribution is 5.94. The summed E-state index contributed by atoms with van der Waals surface area (Å²) in [5.41, 5.74) is 4.46. The van der Waals surface area contributed by atoms with Crippen LogP contribution in [0.3, 0.4) is 0 Å². The second kappa shape index (κ2) is 6.54. The molecule has 5 rings (SSSR count). The van der Waals surface area contributed by atoms with Gasteiger partial charge in [-0.05, 0) is 75.5 Å². The third-order valence-corrected chi connectivity index (χ3v) is 6.79. The lowest BCUT2D eigenvalue weighted by molar-refractivity contribution is 0.0631. The number of hydrogen-bond donors (Lipinski definition) is 1. The summed E-state index contributed by atoms with van der Waals surface area (Å²) in [7, 11) is 0. The summed E-state index contributed by atoms with van der Waals surface area (Å²) >= 11 is 0. The van der Waals surface area contributed by atoms with E-state index >= 15 is 0 Å². The number of likely N-dealkylation sites (tertiary alicyclic amines) is 1. The number of fused-ring (bicyclic) bond motifs is 3. The van der Waals surface area contributed by atoms with Crippen molar-refractivity contribution in [1.82, 2.24) is 19.9 Å². The molecule has 1 N–H and O–H groups in total. The predicted octanol–water partition coefficient (Wildman–Crippen LogP) is 2.47.